The third-order valence-corrected chi connectivity index (χ3v) is 1.28. The van der Waals surface area contributed by atoms with E-state index in [2.05, 4.69) is 12.2 Å². The Labute approximate surface area is 67.2 Å². The number of hydrogen-bond donors (Lipinski definition) is 1. The highest BCUT2D eigenvalue weighted by molar-refractivity contribution is 6.35. The molecule has 3 nitrogen and oxygen atoms in total. The van der Waals surface area contributed by atoms with Gasteiger partial charge in [-0.1, -0.05) is 19.8 Å². The summed E-state index contributed by atoms with van der Waals surface area (Å²) in [7, 11) is 0. The van der Waals surface area contributed by atoms with Gasteiger partial charge in [-0.3, -0.25) is 9.59 Å². The Morgan fingerprint density at radius 3 is 2.45 bits per heavy atom. The molecule has 11 heavy (non-hydrogen) atoms. The normalized spacial score (nSPS) is 9.27. The standard InChI is InChI=1S/C8H14NO2/c1-3-4-5-6-9-8(11)7(2)10/h1,3-6H2,2H3,(H,9,11). The molecule has 0 saturated heterocycles. The molecule has 1 N–H and O–H groups in total. The number of ketones is 1. The highest BCUT2D eigenvalue weighted by Crippen LogP contribution is 1.90. The van der Waals surface area contributed by atoms with Crippen molar-refractivity contribution in [3.63, 3.8) is 0 Å². The molecule has 0 aliphatic carbocycles. The fraction of sp³-hybridized carbons (Fsp3) is 0.625. The fourth-order valence-corrected chi connectivity index (χ4v) is 0.628. The van der Waals surface area contributed by atoms with E-state index in [1.165, 1.54) is 6.92 Å². The van der Waals surface area contributed by atoms with Gasteiger partial charge in [-0.2, -0.15) is 0 Å². The number of hydrogen-bond acceptors (Lipinski definition) is 2. The number of amides is 1. The van der Waals surface area contributed by atoms with Crippen molar-refractivity contribution in [2.24, 2.45) is 0 Å². The lowest BCUT2D eigenvalue weighted by Gasteiger charge is -1.99. The minimum Gasteiger partial charge on any atom is -0.350 e. The van der Waals surface area contributed by atoms with Crippen molar-refractivity contribution < 1.29 is 9.59 Å². The lowest BCUT2D eigenvalue weighted by atomic mass is 10.2. The molecule has 0 aliphatic rings. The van der Waals surface area contributed by atoms with Crippen LogP contribution in [0, 0.1) is 6.92 Å². The molecule has 3 heteroatoms. The van der Waals surface area contributed by atoms with Crippen LogP contribution >= 0.6 is 0 Å². The van der Waals surface area contributed by atoms with Gasteiger partial charge in [-0.05, 0) is 6.42 Å². The van der Waals surface area contributed by atoms with Gasteiger partial charge in [0.05, 0.1) is 0 Å². The van der Waals surface area contributed by atoms with E-state index in [1.807, 2.05) is 0 Å². The second kappa shape index (κ2) is 5.89. The third kappa shape index (κ3) is 5.58. The van der Waals surface area contributed by atoms with Crippen molar-refractivity contribution in [3.8, 4) is 0 Å². The summed E-state index contributed by atoms with van der Waals surface area (Å²) in [5.74, 6) is -0.923. The van der Waals surface area contributed by atoms with Crippen molar-refractivity contribution >= 4 is 11.7 Å². The summed E-state index contributed by atoms with van der Waals surface area (Å²) < 4.78 is 0. The van der Waals surface area contributed by atoms with Crippen LogP contribution in [-0.2, 0) is 9.59 Å². The Balaban J connectivity index is 3.25. The Morgan fingerprint density at radius 2 is 2.00 bits per heavy atom. The fourth-order valence-electron chi connectivity index (χ4n) is 0.628. The van der Waals surface area contributed by atoms with E-state index >= 15 is 0 Å². The maximum atomic E-state index is 10.6. The Morgan fingerprint density at radius 1 is 1.36 bits per heavy atom. The zero-order valence-corrected chi connectivity index (χ0v) is 6.85. The molecule has 0 aromatic heterocycles. The Hall–Kier alpha value is -0.860. The SMILES string of the molecule is [CH2]CCCCNC(=O)C(C)=O. The van der Waals surface area contributed by atoms with Crippen molar-refractivity contribution in [2.45, 2.75) is 26.2 Å². The van der Waals surface area contributed by atoms with Crippen LogP contribution < -0.4 is 5.32 Å². The highest BCUT2D eigenvalue weighted by atomic mass is 16.2. The summed E-state index contributed by atoms with van der Waals surface area (Å²) >= 11 is 0. The molecule has 0 unspecified atom stereocenters. The van der Waals surface area contributed by atoms with Crippen LogP contribution in [0.1, 0.15) is 26.2 Å². The maximum absolute atomic E-state index is 10.6. The zero-order valence-electron chi connectivity index (χ0n) is 6.85. The molecule has 0 fully saturated rings. The van der Waals surface area contributed by atoms with E-state index in [1.54, 1.807) is 0 Å². The molecule has 1 amide bonds. The van der Waals surface area contributed by atoms with Gasteiger partial charge < -0.3 is 5.32 Å². The van der Waals surface area contributed by atoms with Gasteiger partial charge in [0.15, 0.2) is 0 Å². The summed E-state index contributed by atoms with van der Waals surface area (Å²) in [4.78, 5) is 21.0. The first-order valence-corrected chi connectivity index (χ1v) is 3.76. The smallest absolute Gasteiger partial charge is 0.287 e. The molecule has 0 aliphatic heterocycles. The minimum atomic E-state index is -0.492. The molecule has 0 spiro atoms. The van der Waals surface area contributed by atoms with Crippen molar-refractivity contribution in [3.05, 3.63) is 6.92 Å². The number of nitrogens with one attached hydrogen (secondary N) is 1. The number of carbonyl (C=O) groups excluding carboxylic acids is 2. The molecule has 0 aromatic carbocycles. The van der Waals surface area contributed by atoms with E-state index in [0.717, 1.165) is 19.3 Å². The average Bonchev–Trinajstić information content (AvgIpc) is 1.97. The zero-order chi connectivity index (χ0) is 8.69. The molecular formula is C8H14NO2. The van der Waals surface area contributed by atoms with Crippen LogP contribution in [0.4, 0.5) is 0 Å². The van der Waals surface area contributed by atoms with Crippen LogP contribution in [-0.4, -0.2) is 18.2 Å². The molecule has 0 saturated carbocycles. The second-order valence-electron chi connectivity index (χ2n) is 2.37. The molecule has 1 radical (unpaired) electrons. The monoisotopic (exact) mass is 156 g/mol. The molecule has 0 bridgehead atoms. The summed E-state index contributed by atoms with van der Waals surface area (Å²) in [6.45, 7) is 5.50. The number of Topliss-reactive ketones (excluding diaryl/α,β-unsaturated/α-hetero) is 1. The third-order valence-electron chi connectivity index (χ3n) is 1.28. The maximum Gasteiger partial charge on any atom is 0.287 e. The van der Waals surface area contributed by atoms with Crippen LogP contribution in [0.3, 0.4) is 0 Å². The van der Waals surface area contributed by atoms with Crippen LogP contribution in [0.5, 0.6) is 0 Å². The summed E-state index contributed by atoms with van der Waals surface area (Å²) in [5.41, 5.74) is 0. The molecule has 0 aromatic rings. The minimum absolute atomic E-state index is 0.431. The first-order chi connectivity index (χ1) is 5.18. The van der Waals surface area contributed by atoms with E-state index in [0.29, 0.717) is 6.54 Å². The van der Waals surface area contributed by atoms with E-state index < -0.39 is 11.7 Å². The predicted octanol–water partition coefficient (Wildman–Crippen LogP) is 0.696. The van der Waals surface area contributed by atoms with Crippen LogP contribution in [0.15, 0.2) is 0 Å². The molecule has 63 valence electrons. The first-order valence-electron chi connectivity index (χ1n) is 3.76. The van der Waals surface area contributed by atoms with Gasteiger partial charge in [0.1, 0.15) is 0 Å². The van der Waals surface area contributed by atoms with Gasteiger partial charge in [0, 0.05) is 13.5 Å². The lowest BCUT2D eigenvalue weighted by molar-refractivity contribution is -0.136. The number of rotatable bonds is 5. The second-order valence-corrected chi connectivity index (χ2v) is 2.37. The van der Waals surface area contributed by atoms with Crippen LogP contribution in [0.2, 0.25) is 0 Å². The van der Waals surface area contributed by atoms with E-state index in [-0.39, 0.29) is 0 Å². The first kappa shape index (κ1) is 10.1. The highest BCUT2D eigenvalue weighted by Gasteiger charge is 2.04. The predicted molar refractivity (Wildman–Crippen MR) is 42.9 cm³/mol. The largest absolute Gasteiger partial charge is 0.350 e. The van der Waals surface area contributed by atoms with Gasteiger partial charge in [0.2, 0.25) is 5.78 Å². The number of carbonyl (C=O) groups is 2. The van der Waals surface area contributed by atoms with Crippen LogP contribution in [0.25, 0.3) is 0 Å². The van der Waals surface area contributed by atoms with Crippen molar-refractivity contribution in [1.29, 1.82) is 0 Å². The lowest BCUT2D eigenvalue weighted by Crippen LogP contribution is -2.29. The van der Waals surface area contributed by atoms with E-state index in [9.17, 15) is 9.59 Å². The van der Waals surface area contributed by atoms with Gasteiger partial charge in [0.25, 0.3) is 5.91 Å². The topological polar surface area (TPSA) is 46.2 Å². The summed E-state index contributed by atoms with van der Waals surface area (Å²) in [5, 5.41) is 2.50. The molecule has 0 heterocycles. The van der Waals surface area contributed by atoms with Gasteiger partial charge in [-0.25, -0.2) is 0 Å². The summed E-state index contributed by atoms with van der Waals surface area (Å²) in [6, 6.07) is 0. The Kier molecular flexibility index (Phi) is 5.43. The molecule has 0 atom stereocenters. The Bertz CT molecular complexity index is 143. The number of unbranched alkanes of at least 4 members (excludes halogenated alkanes) is 2. The van der Waals surface area contributed by atoms with Crippen molar-refractivity contribution in [1.82, 2.24) is 5.32 Å². The quantitative estimate of drug-likeness (QED) is 0.470. The van der Waals surface area contributed by atoms with Gasteiger partial charge >= 0.3 is 0 Å². The van der Waals surface area contributed by atoms with E-state index in [4.69, 9.17) is 0 Å². The summed E-state index contributed by atoms with van der Waals surface area (Å²) in [6.07, 6.45) is 2.75. The average molecular weight is 156 g/mol. The molecular weight excluding hydrogens is 142 g/mol. The van der Waals surface area contributed by atoms with Gasteiger partial charge in [-0.15, -0.1) is 0 Å². The molecule has 0 rings (SSSR count). The van der Waals surface area contributed by atoms with Crippen molar-refractivity contribution in [2.75, 3.05) is 6.54 Å².